The van der Waals surface area contributed by atoms with Crippen molar-refractivity contribution in [1.29, 1.82) is 0 Å². The molecule has 0 saturated carbocycles. The van der Waals surface area contributed by atoms with E-state index in [1.54, 1.807) is 6.08 Å². The van der Waals surface area contributed by atoms with Crippen molar-refractivity contribution >= 4 is 5.78 Å². The van der Waals surface area contributed by atoms with Gasteiger partial charge in [-0.25, -0.2) is 0 Å². The summed E-state index contributed by atoms with van der Waals surface area (Å²) in [5.74, 6) is 0.237. The van der Waals surface area contributed by atoms with Crippen LogP contribution in [0.15, 0.2) is 12.3 Å². The highest BCUT2D eigenvalue weighted by molar-refractivity contribution is 5.93. The molecule has 1 aliphatic heterocycles. The predicted molar refractivity (Wildman–Crippen MR) is 45.2 cm³/mol. The molecule has 0 saturated heterocycles. The number of ketones is 1. The first-order chi connectivity index (χ1) is 5.33. The van der Waals surface area contributed by atoms with Gasteiger partial charge in [0, 0.05) is 12.7 Å². The quantitative estimate of drug-likeness (QED) is 0.571. The zero-order valence-corrected chi connectivity index (χ0v) is 7.05. The standard InChI is InChI=1S/C9H15NO/c1-2-3-4-6-10-7-5-9(11)8-10/h5,7H,2-4,6,8H2,1H3. The third kappa shape index (κ3) is 2.74. The van der Waals surface area contributed by atoms with E-state index < -0.39 is 0 Å². The number of nitrogens with zero attached hydrogens (tertiary/aromatic N) is 1. The molecule has 0 bridgehead atoms. The zero-order valence-electron chi connectivity index (χ0n) is 7.05. The van der Waals surface area contributed by atoms with E-state index in [-0.39, 0.29) is 5.78 Å². The molecule has 0 amide bonds. The highest BCUT2D eigenvalue weighted by Gasteiger charge is 2.09. The van der Waals surface area contributed by atoms with E-state index in [0.29, 0.717) is 6.54 Å². The Labute approximate surface area is 67.9 Å². The van der Waals surface area contributed by atoms with Gasteiger partial charge in [-0.05, 0) is 12.5 Å². The van der Waals surface area contributed by atoms with Crippen LogP contribution < -0.4 is 0 Å². The Morgan fingerprint density at radius 3 is 2.91 bits per heavy atom. The molecule has 0 aromatic rings. The molecule has 1 heterocycles. The fraction of sp³-hybridized carbons (Fsp3) is 0.667. The van der Waals surface area contributed by atoms with E-state index in [9.17, 15) is 4.79 Å². The lowest BCUT2D eigenvalue weighted by atomic mass is 10.2. The molecule has 0 aliphatic carbocycles. The minimum absolute atomic E-state index is 0.237. The molecular weight excluding hydrogens is 138 g/mol. The minimum Gasteiger partial charge on any atom is -0.370 e. The normalized spacial score (nSPS) is 16.5. The Kier molecular flexibility index (Phi) is 3.14. The highest BCUT2D eigenvalue weighted by Crippen LogP contribution is 2.03. The van der Waals surface area contributed by atoms with E-state index in [2.05, 4.69) is 11.8 Å². The van der Waals surface area contributed by atoms with Crippen LogP contribution in [0, 0.1) is 0 Å². The van der Waals surface area contributed by atoms with Gasteiger partial charge >= 0.3 is 0 Å². The SMILES string of the molecule is CCCCCN1C=CC(=O)C1. The number of carbonyl (C=O) groups is 1. The molecule has 0 spiro atoms. The Bertz CT molecular complexity index is 163. The van der Waals surface area contributed by atoms with Crippen molar-refractivity contribution in [3.63, 3.8) is 0 Å². The number of hydrogen-bond acceptors (Lipinski definition) is 2. The Hall–Kier alpha value is -0.790. The van der Waals surface area contributed by atoms with Crippen molar-refractivity contribution in [2.24, 2.45) is 0 Å². The van der Waals surface area contributed by atoms with Crippen LogP contribution in [0.1, 0.15) is 26.2 Å². The molecule has 0 N–H and O–H groups in total. The van der Waals surface area contributed by atoms with Crippen LogP contribution >= 0.6 is 0 Å². The molecule has 0 fully saturated rings. The molecule has 2 nitrogen and oxygen atoms in total. The lowest BCUT2D eigenvalue weighted by molar-refractivity contribution is -0.114. The summed E-state index contributed by atoms with van der Waals surface area (Å²) in [6, 6.07) is 0. The van der Waals surface area contributed by atoms with E-state index in [1.165, 1.54) is 19.3 Å². The monoisotopic (exact) mass is 153 g/mol. The molecule has 11 heavy (non-hydrogen) atoms. The van der Waals surface area contributed by atoms with Crippen LogP contribution in [0.3, 0.4) is 0 Å². The van der Waals surface area contributed by atoms with Crippen molar-refractivity contribution in [1.82, 2.24) is 4.90 Å². The van der Waals surface area contributed by atoms with Crippen LogP contribution in [-0.4, -0.2) is 23.8 Å². The second kappa shape index (κ2) is 4.16. The smallest absolute Gasteiger partial charge is 0.176 e. The van der Waals surface area contributed by atoms with Gasteiger partial charge in [0.1, 0.15) is 0 Å². The molecular formula is C9H15NO. The molecule has 62 valence electrons. The number of unbranched alkanes of at least 4 members (excludes halogenated alkanes) is 2. The Morgan fingerprint density at radius 1 is 1.55 bits per heavy atom. The Balaban J connectivity index is 2.09. The van der Waals surface area contributed by atoms with Gasteiger partial charge in [0.25, 0.3) is 0 Å². The van der Waals surface area contributed by atoms with Crippen LogP contribution in [0.2, 0.25) is 0 Å². The summed E-state index contributed by atoms with van der Waals surface area (Å²) in [5, 5.41) is 0. The largest absolute Gasteiger partial charge is 0.370 e. The summed E-state index contributed by atoms with van der Waals surface area (Å²) < 4.78 is 0. The van der Waals surface area contributed by atoms with Gasteiger partial charge in [-0.2, -0.15) is 0 Å². The third-order valence-electron chi connectivity index (χ3n) is 1.88. The lowest BCUT2D eigenvalue weighted by Crippen LogP contribution is -2.19. The molecule has 0 atom stereocenters. The van der Waals surface area contributed by atoms with Gasteiger partial charge < -0.3 is 4.90 Å². The van der Waals surface area contributed by atoms with Gasteiger partial charge in [-0.3, -0.25) is 4.79 Å². The summed E-state index contributed by atoms with van der Waals surface area (Å²) in [4.78, 5) is 12.8. The fourth-order valence-electron chi connectivity index (χ4n) is 1.21. The van der Waals surface area contributed by atoms with Crippen molar-refractivity contribution in [3.8, 4) is 0 Å². The third-order valence-corrected chi connectivity index (χ3v) is 1.88. The molecule has 2 heteroatoms. The van der Waals surface area contributed by atoms with E-state index in [0.717, 1.165) is 6.54 Å². The molecule has 0 aromatic carbocycles. The Morgan fingerprint density at radius 2 is 2.36 bits per heavy atom. The van der Waals surface area contributed by atoms with Crippen LogP contribution in [0.25, 0.3) is 0 Å². The number of carbonyl (C=O) groups excluding carboxylic acids is 1. The predicted octanol–water partition coefficient (Wildman–Crippen LogP) is 1.57. The number of rotatable bonds is 4. The summed E-state index contributed by atoms with van der Waals surface area (Å²) in [7, 11) is 0. The first-order valence-electron chi connectivity index (χ1n) is 4.28. The molecule has 0 radical (unpaired) electrons. The number of hydrogen-bond donors (Lipinski definition) is 0. The first kappa shape index (κ1) is 8.31. The van der Waals surface area contributed by atoms with Crippen molar-refractivity contribution in [2.75, 3.05) is 13.1 Å². The second-order valence-corrected chi connectivity index (χ2v) is 2.96. The zero-order chi connectivity index (χ0) is 8.10. The average Bonchev–Trinajstić information content (AvgIpc) is 2.37. The average molecular weight is 153 g/mol. The van der Waals surface area contributed by atoms with E-state index in [1.807, 2.05) is 6.20 Å². The maximum absolute atomic E-state index is 10.8. The maximum Gasteiger partial charge on any atom is 0.176 e. The highest BCUT2D eigenvalue weighted by atomic mass is 16.1. The van der Waals surface area contributed by atoms with Crippen LogP contribution in [0.5, 0.6) is 0 Å². The van der Waals surface area contributed by atoms with Gasteiger partial charge in [0.2, 0.25) is 0 Å². The summed E-state index contributed by atoms with van der Waals surface area (Å²) in [5.41, 5.74) is 0. The van der Waals surface area contributed by atoms with Gasteiger partial charge in [-0.15, -0.1) is 0 Å². The van der Waals surface area contributed by atoms with Gasteiger partial charge in [0.15, 0.2) is 5.78 Å². The second-order valence-electron chi connectivity index (χ2n) is 2.96. The minimum atomic E-state index is 0.237. The van der Waals surface area contributed by atoms with Crippen molar-refractivity contribution < 1.29 is 4.79 Å². The van der Waals surface area contributed by atoms with Crippen LogP contribution in [0.4, 0.5) is 0 Å². The van der Waals surface area contributed by atoms with E-state index in [4.69, 9.17) is 0 Å². The summed E-state index contributed by atoms with van der Waals surface area (Å²) in [6.45, 7) is 3.82. The topological polar surface area (TPSA) is 20.3 Å². The summed E-state index contributed by atoms with van der Waals surface area (Å²) >= 11 is 0. The molecule has 0 unspecified atom stereocenters. The maximum atomic E-state index is 10.8. The molecule has 0 aromatic heterocycles. The van der Waals surface area contributed by atoms with E-state index >= 15 is 0 Å². The van der Waals surface area contributed by atoms with Gasteiger partial charge in [-0.1, -0.05) is 19.8 Å². The summed E-state index contributed by atoms with van der Waals surface area (Å²) in [6.07, 6.45) is 7.27. The molecule has 1 aliphatic rings. The fourth-order valence-corrected chi connectivity index (χ4v) is 1.21. The lowest BCUT2D eigenvalue weighted by Gasteiger charge is -2.12. The first-order valence-corrected chi connectivity index (χ1v) is 4.28. The van der Waals surface area contributed by atoms with Crippen molar-refractivity contribution in [2.45, 2.75) is 26.2 Å². The van der Waals surface area contributed by atoms with Crippen molar-refractivity contribution in [3.05, 3.63) is 12.3 Å². The molecule has 1 rings (SSSR count). The van der Waals surface area contributed by atoms with Gasteiger partial charge in [0.05, 0.1) is 6.54 Å². The van der Waals surface area contributed by atoms with Crippen LogP contribution in [-0.2, 0) is 4.79 Å².